The number of amides is 1. The van der Waals surface area contributed by atoms with E-state index >= 15 is 0 Å². The summed E-state index contributed by atoms with van der Waals surface area (Å²) in [5.74, 6) is 1.52. The fourth-order valence-corrected chi connectivity index (χ4v) is 4.88. The fourth-order valence-electron chi connectivity index (χ4n) is 4.43. The summed E-state index contributed by atoms with van der Waals surface area (Å²) in [5.41, 5.74) is 4.03. The molecular weight excluding hydrogens is 432 g/mol. The molecule has 0 unspecified atom stereocenters. The molecule has 5 rings (SSSR count). The molecule has 166 valence electrons. The van der Waals surface area contributed by atoms with Gasteiger partial charge >= 0.3 is 0 Å². The molecule has 33 heavy (non-hydrogen) atoms. The number of carbonyl (C=O) groups is 1. The summed E-state index contributed by atoms with van der Waals surface area (Å²) < 4.78 is 10.9. The van der Waals surface area contributed by atoms with Gasteiger partial charge in [-0.15, -0.1) is 0 Å². The van der Waals surface area contributed by atoms with E-state index in [4.69, 9.17) is 17.0 Å². The highest BCUT2D eigenvalue weighted by atomic mass is 32.1. The monoisotopic (exact) mass is 456 g/mol. The van der Waals surface area contributed by atoms with E-state index in [1.54, 1.807) is 6.20 Å². The Morgan fingerprint density at radius 3 is 2.73 bits per heavy atom. The van der Waals surface area contributed by atoms with Crippen LogP contribution < -0.4 is 4.74 Å². The first-order valence-corrected chi connectivity index (χ1v) is 11.3. The average Bonchev–Trinajstić information content (AvgIpc) is 3.41. The molecule has 0 bridgehead atoms. The molecule has 1 saturated heterocycles. The average molecular weight is 457 g/mol. The minimum atomic E-state index is -0.0429. The third-order valence-electron chi connectivity index (χ3n) is 6.01. The van der Waals surface area contributed by atoms with E-state index in [0.29, 0.717) is 17.9 Å². The van der Waals surface area contributed by atoms with Crippen molar-refractivity contribution in [1.29, 1.82) is 0 Å². The van der Waals surface area contributed by atoms with Crippen molar-refractivity contribution < 1.29 is 9.53 Å². The maximum absolute atomic E-state index is 12.1. The van der Waals surface area contributed by atoms with Gasteiger partial charge < -0.3 is 14.2 Å². The molecule has 0 saturated carbocycles. The maximum atomic E-state index is 12.1. The van der Waals surface area contributed by atoms with Crippen molar-refractivity contribution in [3.05, 3.63) is 90.0 Å². The molecule has 1 atom stereocenters. The SMILES string of the molecule is C=CC(=O)N1CC[C@@H](n2c(=S)n(-c3ccc(Oc4cccc(C)c4)cc3)c3cnccc32)C1. The lowest BCUT2D eigenvalue weighted by molar-refractivity contribution is -0.125. The molecule has 7 heteroatoms. The number of hydrogen-bond donors (Lipinski definition) is 0. The first-order chi connectivity index (χ1) is 16.0. The number of fused-ring (bicyclic) bond motifs is 1. The van der Waals surface area contributed by atoms with Crippen molar-refractivity contribution in [2.45, 2.75) is 19.4 Å². The highest BCUT2D eigenvalue weighted by molar-refractivity contribution is 7.71. The standard InChI is InChI=1S/C26H24N4O2S/c1-3-25(31)28-14-12-20(17-28)30-23-11-13-27-16-24(23)29(26(30)33)19-7-9-21(10-8-19)32-22-6-4-5-18(2)15-22/h3-11,13,15-16,20H,1,12,14,17H2,2H3/t20-/m1/s1. The zero-order chi connectivity index (χ0) is 22.9. The van der Waals surface area contributed by atoms with Crippen molar-refractivity contribution in [2.24, 2.45) is 0 Å². The van der Waals surface area contributed by atoms with Crippen LogP contribution in [0.1, 0.15) is 18.0 Å². The Morgan fingerprint density at radius 1 is 1.15 bits per heavy atom. The highest BCUT2D eigenvalue weighted by Gasteiger charge is 2.28. The third kappa shape index (κ3) is 3.96. The lowest BCUT2D eigenvalue weighted by Gasteiger charge is -2.16. The van der Waals surface area contributed by atoms with Crippen LogP contribution in [0, 0.1) is 11.7 Å². The molecule has 1 aliphatic rings. The maximum Gasteiger partial charge on any atom is 0.246 e. The van der Waals surface area contributed by atoms with E-state index in [1.165, 1.54) is 6.08 Å². The van der Waals surface area contributed by atoms with Gasteiger partial charge in [0, 0.05) is 25.0 Å². The smallest absolute Gasteiger partial charge is 0.246 e. The normalized spacial score (nSPS) is 15.7. The Kier molecular flexibility index (Phi) is 5.56. The molecule has 3 heterocycles. The number of rotatable bonds is 5. The van der Waals surface area contributed by atoms with Gasteiger partial charge in [-0.05, 0) is 79.7 Å². The highest BCUT2D eigenvalue weighted by Crippen LogP contribution is 2.31. The fraction of sp³-hybridized carbons (Fsp3) is 0.192. The Balaban J connectivity index is 1.50. The van der Waals surface area contributed by atoms with Crippen LogP contribution in [0.25, 0.3) is 16.7 Å². The zero-order valence-corrected chi connectivity index (χ0v) is 19.2. The van der Waals surface area contributed by atoms with Crippen LogP contribution in [0.5, 0.6) is 11.5 Å². The Morgan fingerprint density at radius 2 is 1.97 bits per heavy atom. The van der Waals surface area contributed by atoms with Gasteiger partial charge in [0.15, 0.2) is 4.77 Å². The predicted octanol–water partition coefficient (Wildman–Crippen LogP) is 5.62. The molecule has 1 aliphatic heterocycles. The topological polar surface area (TPSA) is 52.3 Å². The molecule has 6 nitrogen and oxygen atoms in total. The summed E-state index contributed by atoms with van der Waals surface area (Å²) in [4.78, 5) is 18.2. The van der Waals surface area contributed by atoms with Gasteiger partial charge in [-0.25, -0.2) is 0 Å². The number of imidazole rings is 1. The van der Waals surface area contributed by atoms with Crippen LogP contribution in [0.4, 0.5) is 0 Å². The summed E-state index contributed by atoms with van der Waals surface area (Å²) in [6.07, 6.45) is 5.83. The van der Waals surface area contributed by atoms with Crippen molar-refractivity contribution >= 4 is 29.2 Å². The molecule has 2 aromatic carbocycles. The van der Waals surface area contributed by atoms with Gasteiger partial charge in [0.05, 0.1) is 23.3 Å². The number of likely N-dealkylation sites (tertiary alicyclic amines) is 1. The first-order valence-electron chi connectivity index (χ1n) is 10.9. The molecular formula is C26H24N4O2S. The molecule has 1 amide bonds. The second-order valence-corrected chi connectivity index (χ2v) is 8.56. The van der Waals surface area contributed by atoms with E-state index in [0.717, 1.165) is 40.2 Å². The van der Waals surface area contributed by atoms with Crippen molar-refractivity contribution in [3.8, 4) is 17.2 Å². The van der Waals surface area contributed by atoms with Crippen molar-refractivity contribution in [1.82, 2.24) is 19.0 Å². The Labute approximate surface area is 197 Å². The van der Waals surface area contributed by atoms with Crippen LogP contribution in [0.3, 0.4) is 0 Å². The van der Waals surface area contributed by atoms with Gasteiger partial charge in [-0.3, -0.25) is 14.3 Å². The van der Waals surface area contributed by atoms with E-state index in [2.05, 4.69) is 16.1 Å². The van der Waals surface area contributed by atoms with E-state index in [9.17, 15) is 4.79 Å². The van der Waals surface area contributed by atoms with Gasteiger partial charge in [-0.1, -0.05) is 18.7 Å². The summed E-state index contributed by atoms with van der Waals surface area (Å²) in [6.45, 7) is 6.96. The van der Waals surface area contributed by atoms with E-state index < -0.39 is 0 Å². The van der Waals surface area contributed by atoms with Gasteiger partial charge in [-0.2, -0.15) is 0 Å². The lowest BCUT2D eigenvalue weighted by atomic mass is 10.2. The predicted molar refractivity (Wildman–Crippen MR) is 132 cm³/mol. The number of benzene rings is 2. The molecule has 2 aromatic heterocycles. The van der Waals surface area contributed by atoms with Crippen LogP contribution in [0.15, 0.2) is 79.6 Å². The Hall–Kier alpha value is -3.71. The number of nitrogens with zero attached hydrogens (tertiary/aromatic N) is 4. The summed E-state index contributed by atoms with van der Waals surface area (Å²) >= 11 is 5.94. The summed E-state index contributed by atoms with van der Waals surface area (Å²) in [5, 5.41) is 0. The molecule has 4 aromatic rings. The zero-order valence-electron chi connectivity index (χ0n) is 18.3. The van der Waals surface area contributed by atoms with Crippen LogP contribution >= 0.6 is 12.2 Å². The quantitative estimate of drug-likeness (QED) is 0.289. The second kappa shape index (κ2) is 8.67. The summed E-state index contributed by atoms with van der Waals surface area (Å²) in [6, 6.07) is 17.9. The number of aryl methyl sites for hydroxylation is 1. The number of aromatic nitrogens is 3. The van der Waals surface area contributed by atoms with Crippen LogP contribution in [0.2, 0.25) is 0 Å². The minimum Gasteiger partial charge on any atom is -0.457 e. The van der Waals surface area contributed by atoms with Crippen LogP contribution in [-0.2, 0) is 4.79 Å². The molecule has 1 fully saturated rings. The van der Waals surface area contributed by atoms with Crippen molar-refractivity contribution in [3.63, 3.8) is 0 Å². The Bertz CT molecular complexity index is 1400. The summed E-state index contributed by atoms with van der Waals surface area (Å²) in [7, 11) is 0. The number of hydrogen-bond acceptors (Lipinski definition) is 4. The van der Waals surface area contributed by atoms with Gasteiger partial charge in [0.25, 0.3) is 0 Å². The van der Waals surface area contributed by atoms with Gasteiger partial charge in [0.1, 0.15) is 11.5 Å². The molecule has 0 aliphatic carbocycles. The largest absolute Gasteiger partial charge is 0.457 e. The molecule has 0 N–H and O–H groups in total. The number of carbonyl (C=O) groups excluding carboxylic acids is 1. The van der Waals surface area contributed by atoms with Crippen LogP contribution in [-0.4, -0.2) is 38.0 Å². The van der Waals surface area contributed by atoms with E-state index in [1.807, 2.05) is 77.2 Å². The van der Waals surface area contributed by atoms with Crippen molar-refractivity contribution in [2.75, 3.05) is 13.1 Å². The van der Waals surface area contributed by atoms with Gasteiger partial charge in [0.2, 0.25) is 5.91 Å². The first kappa shape index (κ1) is 21.2. The lowest BCUT2D eigenvalue weighted by Crippen LogP contribution is -2.27. The van der Waals surface area contributed by atoms with E-state index in [-0.39, 0.29) is 11.9 Å². The second-order valence-electron chi connectivity index (χ2n) is 8.20. The number of pyridine rings is 1. The molecule has 0 spiro atoms. The number of ether oxygens (including phenoxy) is 1. The minimum absolute atomic E-state index is 0.0429. The molecule has 0 radical (unpaired) electrons. The third-order valence-corrected chi connectivity index (χ3v) is 6.39.